The summed E-state index contributed by atoms with van der Waals surface area (Å²) in [7, 11) is 0. The van der Waals surface area contributed by atoms with Crippen molar-refractivity contribution in [2.24, 2.45) is 0 Å². The second-order valence-electron chi connectivity index (χ2n) is 7.04. The standard InChI is InChI=1S/C21H22O10/c22-9-16-18(27)19(28)20(29)21(31-16)30-11-6-13(24)17(14(25)7-11)15(26)8-12(23)10-4-2-1-3-5-10/h1-7,16,18-22,24-25,27-29H,8-9H2/t16-,18+,19-,20+,21+/m0/s1. The lowest BCUT2D eigenvalue weighted by atomic mass is 9.99. The number of benzene rings is 2. The van der Waals surface area contributed by atoms with E-state index in [1.807, 2.05) is 0 Å². The summed E-state index contributed by atoms with van der Waals surface area (Å²) in [4.78, 5) is 24.7. The van der Waals surface area contributed by atoms with Crippen LogP contribution >= 0.6 is 0 Å². The quantitative estimate of drug-likeness (QED) is 0.251. The van der Waals surface area contributed by atoms with Crippen LogP contribution in [-0.2, 0) is 4.74 Å². The van der Waals surface area contributed by atoms with Gasteiger partial charge in [0, 0.05) is 17.7 Å². The molecule has 1 saturated heterocycles. The van der Waals surface area contributed by atoms with Crippen molar-refractivity contribution in [3.63, 3.8) is 0 Å². The molecule has 0 saturated carbocycles. The Hall–Kier alpha value is -3.02. The Labute approximate surface area is 176 Å². The average molecular weight is 434 g/mol. The van der Waals surface area contributed by atoms with Crippen LogP contribution in [0.3, 0.4) is 0 Å². The third-order valence-electron chi connectivity index (χ3n) is 4.87. The number of hydrogen-bond donors (Lipinski definition) is 6. The van der Waals surface area contributed by atoms with E-state index in [4.69, 9.17) is 9.47 Å². The van der Waals surface area contributed by atoms with Gasteiger partial charge in [0.1, 0.15) is 47.2 Å². The molecule has 3 rings (SSSR count). The SMILES string of the molecule is O=C(CC(=O)c1c(O)cc(O[C@@H]2O[C@@H](CO)[C@@H](O)[C@H](O)[C@H]2O)cc1O)c1ccccc1. The van der Waals surface area contributed by atoms with Crippen molar-refractivity contribution >= 4 is 11.6 Å². The maximum atomic E-state index is 12.4. The van der Waals surface area contributed by atoms with E-state index in [0.717, 1.165) is 12.1 Å². The van der Waals surface area contributed by atoms with Gasteiger partial charge in [0.25, 0.3) is 0 Å². The molecule has 1 aliphatic rings. The fourth-order valence-electron chi connectivity index (χ4n) is 3.20. The molecule has 2 aromatic carbocycles. The van der Waals surface area contributed by atoms with Crippen molar-refractivity contribution in [2.75, 3.05) is 6.61 Å². The number of hydrogen-bond acceptors (Lipinski definition) is 10. The number of ether oxygens (including phenoxy) is 2. The fourth-order valence-corrected chi connectivity index (χ4v) is 3.20. The first-order valence-electron chi connectivity index (χ1n) is 9.37. The number of phenols is 2. The number of carbonyl (C=O) groups is 2. The fraction of sp³-hybridized carbons (Fsp3) is 0.333. The zero-order valence-corrected chi connectivity index (χ0v) is 16.2. The number of phenolic OH excluding ortho intramolecular Hbond substituents is 2. The van der Waals surface area contributed by atoms with Crippen LogP contribution in [0.4, 0.5) is 0 Å². The van der Waals surface area contributed by atoms with Crippen LogP contribution < -0.4 is 4.74 Å². The molecule has 10 heteroatoms. The number of ketones is 2. The summed E-state index contributed by atoms with van der Waals surface area (Å²) >= 11 is 0. The largest absolute Gasteiger partial charge is 0.507 e. The highest BCUT2D eigenvalue weighted by atomic mass is 16.7. The van der Waals surface area contributed by atoms with Gasteiger partial charge < -0.3 is 40.1 Å². The number of aliphatic hydroxyl groups excluding tert-OH is 4. The second kappa shape index (κ2) is 9.41. The van der Waals surface area contributed by atoms with E-state index in [-0.39, 0.29) is 5.75 Å². The lowest BCUT2D eigenvalue weighted by Gasteiger charge is -2.39. The number of aromatic hydroxyl groups is 2. The first kappa shape index (κ1) is 22.7. The maximum Gasteiger partial charge on any atom is 0.229 e. The van der Waals surface area contributed by atoms with Gasteiger partial charge in [-0.15, -0.1) is 0 Å². The minimum atomic E-state index is -1.70. The van der Waals surface area contributed by atoms with E-state index < -0.39 is 72.4 Å². The molecule has 1 aliphatic heterocycles. The van der Waals surface area contributed by atoms with E-state index in [9.17, 15) is 40.2 Å². The highest BCUT2D eigenvalue weighted by molar-refractivity contribution is 6.15. The van der Waals surface area contributed by atoms with E-state index in [1.54, 1.807) is 18.2 Å². The first-order chi connectivity index (χ1) is 14.7. The summed E-state index contributed by atoms with van der Waals surface area (Å²) in [5, 5.41) is 59.2. The van der Waals surface area contributed by atoms with Crippen molar-refractivity contribution in [1.82, 2.24) is 0 Å². The summed E-state index contributed by atoms with van der Waals surface area (Å²) in [6, 6.07) is 9.97. The summed E-state index contributed by atoms with van der Waals surface area (Å²) in [6.07, 6.45) is -8.30. The van der Waals surface area contributed by atoms with Gasteiger partial charge in [-0.2, -0.15) is 0 Å². The predicted molar refractivity (Wildman–Crippen MR) is 104 cm³/mol. The van der Waals surface area contributed by atoms with Gasteiger partial charge in [0.15, 0.2) is 11.6 Å². The molecule has 5 atom stereocenters. The Morgan fingerprint density at radius 3 is 2.10 bits per heavy atom. The molecule has 1 fully saturated rings. The minimum Gasteiger partial charge on any atom is -0.507 e. The van der Waals surface area contributed by atoms with Crippen LogP contribution in [0.1, 0.15) is 27.1 Å². The van der Waals surface area contributed by atoms with Crippen LogP contribution in [-0.4, -0.2) is 79.5 Å². The third kappa shape index (κ3) is 4.84. The average Bonchev–Trinajstić information content (AvgIpc) is 2.74. The summed E-state index contributed by atoms with van der Waals surface area (Å²) in [5.41, 5.74) is -0.178. The molecule has 0 aliphatic carbocycles. The van der Waals surface area contributed by atoms with E-state index in [0.29, 0.717) is 5.56 Å². The Morgan fingerprint density at radius 1 is 0.903 bits per heavy atom. The smallest absolute Gasteiger partial charge is 0.229 e. The molecule has 0 aromatic heterocycles. The van der Waals surface area contributed by atoms with Crippen molar-refractivity contribution < 1.29 is 49.7 Å². The van der Waals surface area contributed by atoms with Gasteiger partial charge in [-0.3, -0.25) is 9.59 Å². The van der Waals surface area contributed by atoms with Crippen LogP contribution in [0.2, 0.25) is 0 Å². The van der Waals surface area contributed by atoms with Crippen molar-refractivity contribution in [3.05, 3.63) is 53.6 Å². The highest BCUT2D eigenvalue weighted by Crippen LogP contribution is 2.35. The number of aliphatic hydroxyl groups is 4. The molecule has 0 amide bonds. The topological polar surface area (TPSA) is 174 Å². The third-order valence-corrected chi connectivity index (χ3v) is 4.87. The van der Waals surface area contributed by atoms with Crippen LogP contribution in [0.25, 0.3) is 0 Å². The Morgan fingerprint density at radius 2 is 1.52 bits per heavy atom. The molecule has 0 spiro atoms. The number of carbonyl (C=O) groups excluding carboxylic acids is 2. The monoisotopic (exact) mass is 434 g/mol. The van der Waals surface area contributed by atoms with E-state index in [2.05, 4.69) is 0 Å². The summed E-state index contributed by atoms with van der Waals surface area (Å²) in [6.45, 7) is -0.663. The molecule has 31 heavy (non-hydrogen) atoms. The molecule has 166 valence electrons. The normalized spacial score (nSPS) is 25.7. The Balaban J connectivity index is 1.76. The minimum absolute atomic E-state index is 0.231. The van der Waals surface area contributed by atoms with Gasteiger partial charge in [-0.1, -0.05) is 30.3 Å². The maximum absolute atomic E-state index is 12.4. The molecule has 2 aromatic rings. The lowest BCUT2D eigenvalue weighted by molar-refractivity contribution is -0.277. The van der Waals surface area contributed by atoms with E-state index >= 15 is 0 Å². The van der Waals surface area contributed by atoms with E-state index in [1.165, 1.54) is 12.1 Å². The molecule has 6 N–H and O–H groups in total. The van der Waals surface area contributed by atoms with Gasteiger partial charge in [0.2, 0.25) is 6.29 Å². The van der Waals surface area contributed by atoms with Crippen molar-refractivity contribution in [1.29, 1.82) is 0 Å². The molecular weight excluding hydrogens is 412 g/mol. The van der Waals surface area contributed by atoms with Crippen molar-refractivity contribution in [2.45, 2.75) is 37.1 Å². The van der Waals surface area contributed by atoms with Gasteiger partial charge >= 0.3 is 0 Å². The highest BCUT2D eigenvalue weighted by Gasteiger charge is 2.44. The summed E-state index contributed by atoms with van der Waals surface area (Å²) in [5.74, 6) is -2.89. The number of Topliss-reactive ketones (excluding diaryl/α,β-unsaturated/α-hetero) is 2. The zero-order chi connectivity index (χ0) is 22.7. The van der Waals surface area contributed by atoms with Gasteiger partial charge in [-0.25, -0.2) is 0 Å². The van der Waals surface area contributed by atoms with Crippen LogP contribution in [0.5, 0.6) is 17.2 Å². The Bertz CT molecular complexity index is 919. The molecule has 0 unspecified atom stereocenters. The second-order valence-corrected chi connectivity index (χ2v) is 7.04. The van der Waals surface area contributed by atoms with Crippen LogP contribution in [0.15, 0.2) is 42.5 Å². The zero-order valence-electron chi connectivity index (χ0n) is 16.2. The molecule has 0 radical (unpaired) electrons. The van der Waals surface area contributed by atoms with Crippen LogP contribution in [0, 0.1) is 0 Å². The molecule has 0 bridgehead atoms. The lowest BCUT2D eigenvalue weighted by Crippen LogP contribution is -2.60. The first-order valence-corrected chi connectivity index (χ1v) is 9.37. The summed E-state index contributed by atoms with van der Waals surface area (Å²) < 4.78 is 10.5. The van der Waals surface area contributed by atoms with Crippen molar-refractivity contribution in [3.8, 4) is 17.2 Å². The predicted octanol–water partition coefficient (Wildman–Crippen LogP) is -0.268. The Kier molecular flexibility index (Phi) is 6.88. The number of rotatable bonds is 7. The molecule has 10 nitrogen and oxygen atoms in total. The van der Waals surface area contributed by atoms with Gasteiger partial charge in [-0.05, 0) is 0 Å². The molecule has 1 heterocycles. The van der Waals surface area contributed by atoms with Gasteiger partial charge in [0.05, 0.1) is 13.0 Å². The molecular formula is C21H22O10.